The van der Waals surface area contributed by atoms with Crippen molar-refractivity contribution in [3.63, 3.8) is 0 Å². The molecule has 0 aliphatic rings. The van der Waals surface area contributed by atoms with Crippen molar-refractivity contribution in [2.45, 2.75) is 0 Å². The molecule has 0 saturated heterocycles. The zero-order valence-electron chi connectivity index (χ0n) is 7.04. The van der Waals surface area contributed by atoms with E-state index in [2.05, 4.69) is 16.3 Å². The van der Waals surface area contributed by atoms with Crippen molar-refractivity contribution in [3.8, 4) is 11.3 Å². The summed E-state index contributed by atoms with van der Waals surface area (Å²) in [6.07, 6.45) is 4.15. The van der Waals surface area contributed by atoms with Gasteiger partial charge in [0.2, 0.25) is 0 Å². The van der Waals surface area contributed by atoms with Crippen molar-refractivity contribution in [2.75, 3.05) is 0 Å². The maximum absolute atomic E-state index is 5.88. The van der Waals surface area contributed by atoms with Crippen LogP contribution in [0.15, 0.2) is 30.5 Å². The first kappa shape index (κ1) is 9.44. The maximum atomic E-state index is 5.88. The van der Waals surface area contributed by atoms with Crippen molar-refractivity contribution in [1.29, 1.82) is 0 Å². The third-order valence-electron chi connectivity index (χ3n) is 1.75. The molecule has 2 rings (SSSR count). The summed E-state index contributed by atoms with van der Waals surface area (Å²) in [4.78, 5) is 7.70. The van der Waals surface area contributed by atoms with Gasteiger partial charge in [-0.25, -0.2) is 9.97 Å². The topological polar surface area (TPSA) is 25.8 Å². The molecule has 0 saturated carbocycles. The molecule has 1 aromatic heterocycles. The maximum Gasteiger partial charge on any atom is 0.198 e. The summed E-state index contributed by atoms with van der Waals surface area (Å²) in [5, 5.41) is 1.05. The quantitative estimate of drug-likeness (QED) is 0.742. The van der Waals surface area contributed by atoms with Gasteiger partial charge in [0.1, 0.15) is 0 Å². The number of benzene rings is 1. The molecular weight excluding hydrogens is 219 g/mol. The molecule has 0 aliphatic carbocycles. The third-order valence-corrected chi connectivity index (χ3v) is 2.49. The van der Waals surface area contributed by atoms with Crippen LogP contribution >= 0.6 is 23.2 Å². The van der Waals surface area contributed by atoms with Crippen molar-refractivity contribution < 1.29 is 0 Å². The minimum Gasteiger partial charge on any atom is -0.234 e. The molecule has 2 aromatic rings. The zero-order valence-corrected chi connectivity index (χ0v) is 8.55. The molecule has 14 heavy (non-hydrogen) atoms. The number of aromatic nitrogens is 2. The molecule has 1 heterocycles. The highest BCUT2D eigenvalue weighted by Crippen LogP contribution is 2.26. The van der Waals surface area contributed by atoms with Gasteiger partial charge in [-0.3, -0.25) is 0 Å². The van der Waals surface area contributed by atoms with Gasteiger partial charge < -0.3 is 0 Å². The molecule has 1 aromatic carbocycles. The molecule has 2 nitrogen and oxygen atoms in total. The van der Waals surface area contributed by atoms with Crippen LogP contribution in [0.4, 0.5) is 0 Å². The summed E-state index contributed by atoms with van der Waals surface area (Å²) >= 11 is 11.7. The normalized spacial score (nSPS) is 10.1. The van der Waals surface area contributed by atoms with Crippen LogP contribution in [0.5, 0.6) is 0 Å². The summed E-state index contributed by atoms with van der Waals surface area (Å²) in [5.41, 5.74) is 1.68. The van der Waals surface area contributed by atoms with Gasteiger partial charge in [-0.1, -0.05) is 29.3 Å². The Hall–Kier alpha value is -1.12. The molecule has 0 fully saturated rings. The standard InChI is InChI=1S/C10H5Cl2N2/c11-8-2-1-7(5-9(8)12)10-3-4-13-6-14-10/h1-5H. The number of nitrogens with zero attached hydrogens (tertiary/aromatic N) is 2. The summed E-state index contributed by atoms with van der Waals surface area (Å²) in [6, 6.07) is 7.14. The Labute approximate surface area is 91.5 Å². The van der Waals surface area contributed by atoms with Gasteiger partial charge in [-0.2, -0.15) is 0 Å². The summed E-state index contributed by atoms with van der Waals surface area (Å²) in [6.45, 7) is 0. The summed E-state index contributed by atoms with van der Waals surface area (Å²) in [5.74, 6) is 0. The fourth-order valence-electron chi connectivity index (χ4n) is 1.08. The Bertz CT molecular complexity index is 443. The first-order valence-electron chi connectivity index (χ1n) is 3.92. The Morgan fingerprint density at radius 2 is 1.93 bits per heavy atom. The highest BCUT2D eigenvalue weighted by molar-refractivity contribution is 6.42. The summed E-state index contributed by atoms with van der Waals surface area (Å²) in [7, 11) is 0. The molecule has 0 spiro atoms. The molecule has 0 unspecified atom stereocenters. The Balaban J connectivity index is 2.48. The second kappa shape index (κ2) is 3.95. The predicted octanol–water partition coefficient (Wildman–Crippen LogP) is 3.25. The van der Waals surface area contributed by atoms with Crippen LogP contribution in [-0.4, -0.2) is 9.97 Å². The van der Waals surface area contributed by atoms with E-state index in [1.807, 2.05) is 6.07 Å². The van der Waals surface area contributed by atoms with Crippen LogP contribution in [0.2, 0.25) is 10.0 Å². The highest BCUT2D eigenvalue weighted by atomic mass is 35.5. The Morgan fingerprint density at radius 3 is 2.57 bits per heavy atom. The van der Waals surface area contributed by atoms with Gasteiger partial charge in [0, 0.05) is 11.8 Å². The van der Waals surface area contributed by atoms with Gasteiger partial charge in [-0.05, 0) is 18.2 Å². The van der Waals surface area contributed by atoms with Gasteiger partial charge in [0.25, 0.3) is 0 Å². The monoisotopic (exact) mass is 223 g/mol. The first-order valence-corrected chi connectivity index (χ1v) is 4.67. The van der Waals surface area contributed by atoms with E-state index in [9.17, 15) is 0 Å². The van der Waals surface area contributed by atoms with Crippen molar-refractivity contribution in [3.05, 3.63) is 46.8 Å². The smallest absolute Gasteiger partial charge is 0.198 e. The number of hydrogen-bond donors (Lipinski definition) is 0. The molecule has 1 radical (unpaired) electrons. The van der Waals surface area contributed by atoms with E-state index in [0.717, 1.165) is 11.3 Å². The molecule has 0 atom stereocenters. The molecule has 0 bridgehead atoms. The van der Waals surface area contributed by atoms with E-state index >= 15 is 0 Å². The Kier molecular flexibility index (Phi) is 2.66. The van der Waals surface area contributed by atoms with Crippen molar-refractivity contribution >= 4 is 23.2 Å². The molecular formula is C10H5Cl2N2. The SMILES string of the molecule is Clc1ccc(-c2ccn[c]n2)cc1Cl. The lowest BCUT2D eigenvalue weighted by atomic mass is 10.1. The minimum absolute atomic E-state index is 0.516. The zero-order chi connectivity index (χ0) is 9.97. The van der Waals surface area contributed by atoms with Gasteiger partial charge in [-0.15, -0.1) is 0 Å². The van der Waals surface area contributed by atoms with E-state index in [4.69, 9.17) is 23.2 Å². The number of halogens is 2. The largest absolute Gasteiger partial charge is 0.234 e. The molecule has 4 heteroatoms. The molecule has 0 N–H and O–H groups in total. The lowest BCUT2D eigenvalue weighted by Gasteiger charge is -2.01. The van der Waals surface area contributed by atoms with Crippen LogP contribution in [0, 0.1) is 6.33 Å². The van der Waals surface area contributed by atoms with Gasteiger partial charge >= 0.3 is 0 Å². The number of hydrogen-bond acceptors (Lipinski definition) is 2. The predicted molar refractivity (Wildman–Crippen MR) is 56.3 cm³/mol. The number of rotatable bonds is 1. The minimum atomic E-state index is 0.516. The van der Waals surface area contributed by atoms with Crippen LogP contribution in [-0.2, 0) is 0 Å². The molecule has 0 aliphatic heterocycles. The van der Waals surface area contributed by atoms with Crippen LogP contribution in [0.25, 0.3) is 11.3 Å². The second-order valence-corrected chi connectivity index (χ2v) is 3.49. The lowest BCUT2D eigenvalue weighted by molar-refractivity contribution is 1.15. The molecule has 69 valence electrons. The fourth-order valence-corrected chi connectivity index (χ4v) is 1.38. The van der Waals surface area contributed by atoms with E-state index in [1.54, 1.807) is 24.4 Å². The second-order valence-electron chi connectivity index (χ2n) is 2.67. The Morgan fingerprint density at radius 1 is 1.07 bits per heavy atom. The van der Waals surface area contributed by atoms with Gasteiger partial charge in [0.15, 0.2) is 6.33 Å². The van der Waals surface area contributed by atoms with Crippen LogP contribution in [0.1, 0.15) is 0 Å². The fraction of sp³-hybridized carbons (Fsp3) is 0. The molecule has 0 amide bonds. The third kappa shape index (κ3) is 1.86. The van der Waals surface area contributed by atoms with Crippen LogP contribution in [0.3, 0.4) is 0 Å². The average molecular weight is 224 g/mol. The van der Waals surface area contributed by atoms with E-state index in [1.165, 1.54) is 0 Å². The van der Waals surface area contributed by atoms with Crippen molar-refractivity contribution in [2.24, 2.45) is 0 Å². The first-order chi connectivity index (χ1) is 6.77. The van der Waals surface area contributed by atoms with Crippen LogP contribution < -0.4 is 0 Å². The van der Waals surface area contributed by atoms with E-state index in [0.29, 0.717) is 10.0 Å². The van der Waals surface area contributed by atoms with Crippen molar-refractivity contribution in [1.82, 2.24) is 9.97 Å². The highest BCUT2D eigenvalue weighted by Gasteiger charge is 2.02. The van der Waals surface area contributed by atoms with Gasteiger partial charge in [0.05, 0.1) is 15.7 Å². The lowest BCUT2D eigenvalue weighted by Crippen LogP contribution is -1.84. The average Bonchev–Trinajstić information content (AvgIpc) is 2.23. The van der Waals surface area contributed by atoms with E-state index < -0.39 is 0 Å². The summed E-state index contributed by atoms with van der Waals surface area (Å²) < 4.78 is 0. The van der Waals surface area contributed by atoms with E-state index in [-0.39, 0.29) is 0 Å².